The minimum Gasteiger partial charge on any atom is -0.383 e. The molecule has 0 fully saturated rings. The molecule has 1 atom stereocenters. The average Bonchev–Trinajstić information content (AvgIpc) is 2.25. The highest BCUT2D eigenvalue weighted by Crippen LogP contribution is 2.25. The Morgan fingerprint density at radius 3 is 2.12 bits per heavy atom. The van der Waals surface area contributed by atoms with Gasteiger partial charge in [-0.05, 0) is 30.7 Å². The van der Waals surface area contributed by atoms with Gasteiger partial charge in [0.1, 0.15) is 0 Å². The summed E-state index contributed by atoms with van der Waals surface area (Å²) in [5.74, 6) is 2.50. The van der Waals surface area contributed by atoms with Gasteiger partial charge in [-0.1, -0.05) is 40.5 Å². The Morgan fingerprint density at radius 1 is 1.06 bits per heavy atom. The van der Waals surface area contributed by atoms with Gasteiger partial charge >= 0.3 is 0 Å². The van der Waals surface area contributed by atoms with Crippen molar-refractivity contribution in [1.82, 2.24) is 5.32 Å². The first-order valence-corrected chi connectivity index (χ1v) is 6.85. The van der Waals surface area contributed by atoms with Crippen LogP contribution in [0.25, 0.3) is 0 Å². The van der Waals surface area contributed by atoms with E-state index >= 15 is 0 Å². The topological polar surface area (TPSA) is 21.3 Å². The van der Waals surface area contributed by atoms with Crippen LogP contribution in [0.4, 0.5) is 0 Å². The minimum absolute atomic E-state index is 0.801. The van der Waals surface area contributed by atoms with Crippen molar-refractivity contribution in [1.29, 1.82) is 0 Å². The number of hydrogen-bond donors (Lipinski definition) is 1. The third-order valence-corrected chi connectivity index (χ3v) is 3.38. The quantitative estimate of drug-likeness (QED) is 0.580. The molecule has 2 nitrogen and oxygen atoms in total. The van der Waals surface area contributed by atoms with Crippen LogP contribution in [0.15, 0.2) is 0 Å². The Kier molecular flexibility index (Phi) is 10.0. The van der Waals surface area contributed by atoms with E-state index in [0.29, 0.717) is 0 Å². The summed E-state index contributed by atoms with van der Waals surface area (Å²) in [6.45, 7) is 12.2. The van der Waals surface area contributed by atoms with Crippen LogP contribution >= 0.6 is 0 Å². The molecule has 0 saturated heterocycles. The molecule has 0 heterocycles. The zero-order chi connectivity index (χ0) is 12.4. The highest BCUT2D eigenvalue weighted by Gasteiger charge is 2.18. The van der Waals surface area contributed by atoms with E-state index in [1.807, 2.05) is 0 Å². The van der Waals surface area contributed by atoms with Gasteiger partial charge in [-0.25, -0.2) is 0 Å². The number of methoxy groups -OCH3 is 1. The van der Waals surface area contributed by atoms with Crippen LogP contribution in [-0.2, 0) is 4.74 Å². The third kappa shape index (κ3) is 7.24. The first kappa shape index (κ1) is 15.9. The molecule has 16 heavy (non-hydrogen) atoms. The predicted octanol–water partition coefficient (Wildman–Crippen LogP) is 3.32. The standard InChI is InChI=1S/C14H31NO/c1-6-13(7-2)14(10-12(3)4)11-15-8-9-16-5/h12-15H,6-11H2,1-5H3. The number of ether oxygens (including phenoxy) is 1. The predicted molar refractivity (Wildman–Crippen MR) is 71.8 cm³/mol. The maximum atomic E-state index is 5.06. The van der Waals surface area contributed by atoms with Crippen molar-refractivity contribution in [3.8, 4) is 0 Å². The fourth-order valence-electron chi connectivity index (χ4n) is 2.46. The zero-order valence-electron chi connectivity index (χ0n) is 11.9. The second kappa shape index (κ2) is 10.1. The molecule has 0 rings (SSSR count). The van der Waals surface area contributed by atoms with E-state index in [1.54, 1.807) is 7.11 Å². The average molecular weight is 229 g/mol. The fourth-order valence-corrected chi connectivity index (χ4v) is 2.46. The van der Waals surface area contributed by atoms with Crippen LogP contribution in [0.1, 0.15) is 47.0 Å². The van der Waals surface area contributed by atoms with Gasteiger partial charge in [-0.2, -0.15) is 0 Å². The summed E-state index contributed by atoms with van der Waals surface area (Å²) >= 11 is 0. The Labute approximate surface area is 102 Å². The summed E-state index contributed by atoms with van der Waals surface area (Å²) in [4.78, 5) is 0. The normalized spacial score (nSPS) is 13.7. The van der Waals surface area contributed by atoms with Gasteiger partial charge in [0.05, 0.1) is 6.61 Å². The van der Waals surface area contributed by atoms with E-state index < -0.39 is 0 Å². The Morgan fingerprint density at radius 2 is 1.69 bits per heavy atom. The van der Waals surface area contributed by atoms with Crippen LogP contribution < -0.4 is 5.32 Å². The second-order valence-corrected chi connectivity index (χ2v) is 5.16. The van der Waals surface area contributed by atoms with Crippen LogP contribution in [0.3, 0.4) is 0 Å². The number of hydrogen-bond acceptors (Lipinski definition) is 2. The number of rotatable bonds is 10. The van der Waals surface area contributed by atoms with E-state index in [0.717, 1.165) is 37.5 Å². The molecule has 0 saturated carbocycles. The van der Waals surface area contributed by atoms with Gasteiger partial charge in [0.2, 0.25) is 0 Å². The van der Waals surface area contributed by atoms with E-state index in [9.17, 15) is 0 Å². The van der Waals surface area contributed by atoms with E-state index in [4.69, 9.17) is 4.74 Å². The molecule has 0 spiro atoms. The molecule has 1 unspecified atom stereocenters. The van der Waals surface area contributed by atoms with Crippen LogP contribution in [0.5, 0.6) is 0 Å². The maximum absolute atomic E-state index is 5.06. The van der Waals surface area contributed by atoms with Gasteiger partial charge < -0.3 is 10.1 Å². The molecule has 0 aromatic carbocycles. The smallest absolute Gasteiger partial charge is 0.0587 e. The molecular formula is C14H31NO. The lowest BCUT2D eigenvalue weighted by Crippen LogP contribution is -2.31. The Bertz CT molecular complexity index is 144. The SMILES string of the molecule is CCC(CC)C(CNCCOC)CC(C)C. The molecule has 0 radical (unpaired) electrons. The van der Waals surface area contributed by atoms with Crippen LogP contribution in [-0.4, -0.2) is 26.8 Å². The van der Waals surface area contributed by atoms with Crippen molar-refractivity contribution < 1.29 is 4.74 Å². The molecule has 0 bridgehead atoms. The van der Waals surface area contributed by atoms with E-state index in [2.05, 4.69) is 33.0 Å². The summed E-state index contributed by atoms with van der Waals surface area (Å²) in [5, 5.41) is 3.52. The van der Waals surface area contributed by atoms with E-state index in [1.165, 1.54) is 19.3 Å². The zero-order valence-corrected chi connectivity index (χ0v) is 11.9. The van der Waals surface area contributed by atoms with Crippen molar-refractivity contribution in [3.05, 3.63) is 0 Å². The van der Waals surface area contributed by atoms with Crippen molar-refractivity contribution >= 4 is 0 Å². The monoisotopic (exact) mass is 229 g/mol. The lowest BCUT2D eigenvalue weighted by atomic mass is 9.82. The van der Waals surface area contributed by atoms with E-state index in [-0.39, 0.29) is 0 Å². The molecule has 98 valence electrons. The largest absolute Gasteiger partial charge is 0.383 e. The second-order valence-electron chi connectivity index (χ2n) is 5.16. The lowest BCUT2D eigenvalue weighted by molar-refractivity contribution is 0.191. The van der Waals surface area contributed by atoms with Gasteiger partial charge in [0.15, 0.2) is 0 Å². The first-order valence-electron chi connectivity index (χ1n) is 6.85. The molecule has 1 N–H and O–H groups in total. The Hall–Kier alpha value is -0.0800. The molecule has 2 heteroatoms. The summed E-state index contributed by atoms with van der Waals surface area (Å²) in [7, 11) is 1.76. The van der Waals surface area contributed by atoms with Gasteiger partial charge in [0, 0.05) is 13.7 Å². The van der Waals surface area contributed by atoms with Gasteiger partial charge in [-0.3, -0.25) is 0 Å². The van der Waals surface area contributed by atoms with Gasteiger partial charge in [-0.15, -0.1) is 0 Å². The first-order chi connectivity index (χ1) is 7.65. The summed E-state index contributed by atoms with van der Waals surface area (Å²) in [5.41, 5.74) is 0. The molecule has 0 aromatic rings. The lowest BCUT2D eigenvalue weighted by Gasteiger charge is -2.27. The maximum Gasteiger partial charge on any atom is 0.0587 e. The Balaban J connectivity index is 3.98. The van der Waals surface area contributed by atoms with Crippen molar-refractivity contribution in [2.24, 2.45) is 17.8 Å². The molecule has 0 aliphatic carbocycles. The molecule has 0 amide bonds. The summed E-state index contributed by atoms with van der Waals surface area (Å²) in [6.07, 6.45) is 3.95. The van der Waals surface area contributed by atoms with Crippen LogP contribution in [0.2, 0.25) is 0 Å². The number of nitrogens with one attached hydrogen (secondary N) is 1. The van der Waals surface area contributed by atoms with Crippen molar-refractivity contribution in [2.45, 2.75) is 47.0 Å². The van der Waals surface area contributed by atoms with Gasteiger partial charge in [0.25, 0.3) is 0 Å². The van der Waals surface area contributed by atoms with Crippen molar-refractivity contribution in [3.63, 3.8) is 0 Å². The molecule has 0 aliphatic heterocycles. The summed E-state index contributed by atoms with van der Waals surface area (Å²) < 4.78 is 5.06. The minimum atomic E-state index is 0.801. The fraction of sp³-hybridized carbons (Fsp3) is 1.00. The highest BCUT2D eigenvalue weighted by molar-refractivity contribution is 4.72. The summed E-state index contributed by atoms with van der Waals surface area (Å²) in [6, 6.07) is 0. The molecule has 0 aliphatic rings. The third-order valence-electron chi connectivity index (χ3n) is 3.38. The van der Waals surface area contributed by atoms with Crippen LogP contribution in [0, 0.1) is 17.8 Å². The molecule has 0 aromatic heterocycles. The highest BCUT2D eigenvalue weighted by atomic mass is 16.5. The van der Waals surface area contributed by atoms with Crippen molar-refractivity contribution in [2.75, 3.05) is 26.8 Å². The molecular weight excluding hydrogens is 198 g/mol.